The van der Waals surface area contributed by atoms with Crippen LogP contribution in [0.1, 0.15) is 44.6 Å². The maximum absolute atomic E-state index is 6.06. The fourth-order valence-electron chi connectivity index (χ4n) is 2.39. The van der Waals surface area contributed by atoms with Crippen LogP contribution in [0.4, 0.5) is 0 Å². The van der Waals surface area contributed by atoms with Gasteiger partial charge in [0.1, 0.15) is 5.84 Å². The zero-order valence-corrected chi connectivity index (χ0v) is 9.95. The van der Waals surface area contributed by atoms with E-state index in [9.17, 15) is 0 Å². The molecule has 1 aromatic rings. The largest absolute Gasteiger partial charge is 0.383 e. The number of rotatable bonds is 2. The minimum atomic E-state index is 0.0676. The van der Waals surface area contributed by atoms with Gasteiger partial charge in [-0.3, -0.25) is 4.99 Å². The SMILES string of the molecule is CC1(N=C(N)c2ccccc2)CCCCC1. The van der Waals surface area contributed by atoms with E-state index in [2.05, 4.69) is 6.92 Å². The van der Waals surface area contributed by atoms with E-state index in [-0.39, 0.29) is 5.54 Å². The zero-order valence-electron chi connectivity index (χ0n) is 9.95. The van der Waals surface area contributed by atoms with Crippen molar-refractivity contribution in [2.45, 2.75) is 44.6 Å². The second-order valence-electron chi connectivity index (χ2n) is 4.92. The van der Waals surface area contributed by atoms with Crippen LogP contribution in [-0.2, 0) is 0 Å². The van der Waals surface area contributed by atoms with Crippen LogP contribution in [0.5, 0.6) is 0 Å². The van der Waals surface area contributed by atoms with Gasteiger partial charge in [-0.15, -0.1) is 0 Å². The maximum Gasteiger partial charge on any atom is 0.126 e. The number of nitrogens with zero attached hydrogens (tertiary/aromatic N) is 1. The molecule has 1 aromatic carbocycles. The van der Waals surface area contributed by atoms with Crippen LogP contribution in [0.15, 0.2) is 35.3 Å². The Morgan fingerprint density at radius 1 is 1.12 bits per heavy atom. The van der Waals surface area contributed by atoms with E-state index in [1.165, 1.54) is 32.1 Å². The van der Waals surface area contributed by atoms with Crippen LogP contribution in [0.25, 0.3) is 0 Å². The average Bonchev–Trinajstić information content (AvgIpc) is 2.30. The summed E-state index contributed by atoms with van der Waals surface area (Å²) in [6, 6.07) is 10.0. The fraction of sp³-hybridized carbons (Fsp3) is 0.500. The van der Waals surface area contributed by atoms with Gasteiger partial charge in [0.25, 0.3) is 0 Å². The highest BCUT2D eigenvalue weighted by molar-refractivity contribution is 5.97. The van der Waals surface area contributed by atoms with Gasteiger partial charge in [0, 0.05) is 5.56 Å². The molecule has 16 heavy (non-hydrogen) atoms. The molecule has 1 aliphatic carbocycles. The van der Waals surface area contributed by atoms with E-state index < -0.39 is 0 Å². The van der Waals surface area contributed by atoms with Crippen molar-refractivity contribution in [1.82, 2.24) is 0 Å². The van der Waals surface area contributed by atoms with Gasteiger partial charge in [-0.05, 0) is 19.8 Å². The third kappa shape index (κ3) is 2.63. The number of benzene rings is 1. The molecule has 0 unspecified atom stereocenters. The summed E-state index contributed by atoms with van der Waals surface area (Å²) in [6.07, 6.45) is 6.24. The van der Waals surface area contributed by atoms with Crippen molar-refractivity contribution in [2.75, 3.05) is 0 Å². The molecular formula is C14H20N2. The molecule has 0 atom stereocenters. The summed E-state index contributed by atoms with van der Waals surface area (Å²) < 4.78 is 0. The Hall–Kier alpha value is -1.31. The van der Waals surface area contributed by atoms with Crippen molar-refractivity contribution in [1.29, 1.82) is 0 Å². The van der Waals surface area contributed by atoms with Crippen LogP contribution < -0.4 is 5.73 Å². The molecule has 1 fully saturated rings. The second kappa shape index (κ2) is 4.69. The molecule has 0 amide bonds. The minimum absolute atomic E-state index is 0.0676. The lowest BCUT2D eigenvalue weighted by Gasteiger charge is -2.30. The summed E-state index contributed by atoms with van der Waals surface area (Å²) in [7, 11) is 0. The molecule has 0 spiro atoms. The van der Waals surface area contributed by atoms with Crippen molar-refractivity contribution in [3.63, 3.8) is 0 Å². The first-order valence-corrected chi connectivity index (χ1v) is 6.10. The number of aliphatic imine (C=N–C) groups is 1. The summed E-state index contributed by atoms with van der Waals surface area (Å²) in [5, 5.41) is 0. The highest BCUT2D eigenvalue weighted by atomic mass is 14.9. The molecule has 0 aromatic heterocycles. The monoisotopic (exact) mass is 216 g/mol. The molecule has 0 bridgehead atoms. The van der Waals surface area contributed by atoms with Crippen molar-refractivity contribution in [3.8, 4) is 0 Å². The van der Waals surface area contributed by atoms with Crippen LogP contribution >= 0.6 is 0 Å². The molecule has 1 saturated carbocycles. The molecule has 0 radical (unpaired) electrons. The highest BCUT2D eigenvalue weighted by Crippen LogP contribution is 2.31. The van der Waals surface area contributed by atoms with Gasteiger partial charge >= 0.3 is 0 Å². The molecule has 1 aliphatic rings. The lowest BCUT2D eigenvalue weighted by molar-refractivity contribution is 0.325. The lowest BCUT2D eigenvalue weighted by Crippen LogP contribution is -2.29. The van der Waals surface area contributed by atoms with Crippen LogP contribution in [-0.4, -0.2) is 11.4 Å². The quantitative estimate of drug-likeness (QED) is 0.598. The maximum atomic E-state index is 6.06. The van der Waals surface area contributed by atoms with Gasteiger partial charge in [-0.1, -0.05) is 49.6 Å². The molecule has 2 heteroatoms. The number of hydrogen-bond donors (Lipinski definition) is 1. The van der Waals surface area contributed by atoms with Gasteiger partial charge in [0.05, 0.1) is 5.54 Å². The summed E-state index contributed by atoms with van der Waals surface area (Å²) in [5.74, 6) is 0.685. The first-order chi connectivity index (χ1) is 7.70. The van der Waals surface area contributed by atoms with E-state index in [4.69, 9.17) is 10.7 Å². The van der Waals surface area contributed by atoms with Gasteiger partial charge < -0.3 is 5.73 Å². The second-order valence-corrected chi connectivity index (χ2v) is 4.92. The fourth-order valence-corrected chi connectivity index (χ4v) is 2.39. The minimum Gasteiger partial charge on any atom is -0.383 e. The Balaban J connectivity index is 2.17. The van der Waals surface area contributed by atoms with Crippen LogP contribution in [0, 0.1) is 0 Å². The van der Waals surface area contributed by atoms with Gasteiger partial charge in [-0.25, -0.2) is 0 Å². The number of amidine groups is 1. The predicted molar refractivity (Wildman–Crippen MR) is 68.7 cm³/mol. The zero-order chi connectivity index (χ0) is 11.4. The van der Waals surface area contributed by atoms with E-state index in [1.54, 1.807) is 0 Å². The van der Waals surface area contributed by atoms with E-state index in [1.807, 2.05) is 30.3 Å². The third-order valence-corrected chi connectivity index (χ3v) is 3.39. The highest BCUT2D eigenvalue weighted by Gasteiger charge is 2.26. The standard InChI is InChI=1S/C14H20N2/c1-14(10-6-3-7-11-14)16-13(15)12-8-4-2-5-9-12/h2,4-5,8-9H,3,6-7,10-11H2,1H3,(H2,15,16). The Labute approximate surface area is 97.6 Å². The summed E-state index contributed by atoms with van der Waals surface area (Å²) in [6.45, 7) is 2.22. The Morgan fingerprint density at radius 3 is 2.38 bits per heavy atom. The third-order valence-electron chi connectivity index (χ3n) is 3.39. The average molecular weight is 216 g/mol. The summed E-state index contributed by atoms with van der Waals surface area (Å²) in [4.78, 5) is 4.73. The first-order valence-electron chi connectivity index (χ1n) is 6.10. The molecule has 86 valence electrons. The normalized spacial score (nSPS) is 20.7. The molecule has 0 heterocycles. The topological polar surface area (TPSA) is 38.4 Å². The Morgan fingerprint density at radius 2 is 1.75 bits per heavy atom. The first kappa shape index (κ1) is 11.2. The van der Waals surface area contributed by atoms with Crippen molar-refractivity contribution in [3.05, 3.63) is 35.9 Å². The molecular weight excluding hydrogens is 196 g/mol. The summed E-state index contributed by atoms with van der Waals surface area (Å²) >= 11 is 0. The molecule has 0 aliphatic heterocycles. The van der Waals surface area contributed by atoms with Crippen molar-refractivity contribution < 1.29 is 0 Å². The number of nitrogens with two attached hydrogens (primary N) is 1. The Kier molecular flexibility index (Phi) is 3.28. The summed E-state index contributed by atoms with van der Waals surface area (Å²) in [5.41, 5.74) is 7.17. The predicted octanol–water partition coefficient (Wildman–Crippen LogP) is 3.11. The van der Waals surface area contributed by atoms with E-state index in [0.717, 1.165) is 5.56 Å². The van der Waals surface area contributed by atoms with Crippen molar-refractivity contribution in [2.24, 2.45) is 10.7 Å². The molecule has 0 saturated heterocycles. The molecule has 2 nitrogen and oxygen atoms in total. The van der Waals surface area contributed by atoms with Gasteiger partial charge in [-0.2, -0.15) is 0 Å². The smallest absolute Gasteiger partial charge is 0.126 e. The lowest BCUT2D eigenvalue weighted by atomic mass is 9.84. The Bertz CT molecular complexity index is 362. The molecule has 2 N–H and O–H groups in total. The number of hydrogen-bond acceptors (Lipinski definition) is 1. The van der Waals surface area contributed by atoms with Crippen LogP contribution in [0.3, 0.4) is 0 Å². The van der Waals surface area contributed by atoms with Gasteiger partial charge in [0.15, 0.2) is 0 Å². The van der Waals surface area contributed by atoms with E-state index in [0.29, 0.717) is 5.84 Å². The van der Waals surface area contributed by atoms with Crippen LogP contribution in [0.2, 0.25) is 0 Å². The molecule has 2 rings (SSSR count). The van der Waals surface area contributed by atoms with E-state index >= 15 is 0 Å². The van der Waals surface area contributed by atoms with Gasteiger partial charge in [0.2, 0.25) is 0 Å². The van der Waals surface area contributed by atoms with Crippen molar-refractivity contribution >= 4 is 5.84 Å².